The fourth-order valence-corrected chi connectivity index (χ4v) is 2.73. The number of aromatic carboxylic acids is 1. The predicted octanol–water partition coefficient (Wildman–Crippen LogP) is 1.68. The minimum atomic E-state index is -3.78. The summed E-state index contributed by atoms with van der Waals surface area (Å²) >= 11 is 0. The maximum atomic E-state index is 12.1. The minimum absolute atomic E-state index is 0.0150. The van der Waals surface area contributed by atoms with Gasteiger partial charge in [-0.2, -0.15) is 0 Å². The Morgan fingerprint density at radius 3 is 2.05 bits per heavy atom. The number of carboxylic acids is 1. The van der Waals surface area contributed by atoms with Gasteiger partial charge >= 0.3 is 5.97 Å². The van der Waals surface area contributed by atoms with Crippen molar-refractivity contribution in [3.63, 3.8) is 0 Å². The Morgan fingerprint density at radius 2 is 1.57 bits per heavy atom. The van der Waals surface area contributed by atoms with Crippen molar-refractivity contribution in [3.05, 3.63) is 59.7 Å². The van der Waals surface area contributed by atoms with Crippen molar-refractivity contribution in [1.29, 1.82) is 0 Å². The van der Waals surface area contributed by atoms with Gasteiger partial charge in [-0.15, -0.1) is 0 Å². The summed E-state index contributed by atoms with van der Waals surface area (Å²) in [5.41, 5.74) is 1.04. The second kappa shape index (κ2) is 5.94. The number of hydrogen-bond acceptors (Lipinski definition) is 4. The number of carbonyl (C=O) groups is 1. The van der Waals surface area contributed by atoms with Crippen molar-refractivity contribution in [1.82, 2.24) is 0 Å². The van der Waals surface area contributed by atoms with E-state index >= 15 is 0 Å². The molecule has 0 amide bonds. The SMILES string of the molecule is O=C(O)c1ccc(S(=O)(=O)Nc2ccc(CO)cc2)cc1. The molecule has 0 aliphatic heterocycles. The summed E-state index contributed by atoms with van der Waals surface area (Å²) < 4.78 is 26.6. The lowest BCUT2D eigenvalue weighted by molar-refractivity contribution is 0.0696. The van der Waals surface area contributed by atoms with Gasteiger partial charge in [-0.25, -0.2) is 13.2 Å². The molecule has 0 aliphatic carbocycles. The molecule has 0 radical (unpaired) electrons. The van der Waals surface area contributed by atoms with Gasteiger partial charge in [0.15, 0.2) is 0 Å². The minimum Gasteiger partial charge on any atom is -0.478 e. The molecule has 2 aromatic rings. The van der Waals surface area contributed by atoms with Crippen LogP contribution in [0, 0.1) is 0 Å². The maximum Gasteiger partial charge on any atom is 0.335 e. The van der Waals surface area contributed by atoms with Crippen LogP contribution in [0.4, 0.5) is 5.69 Å². The third kappa shape index (κ3) is 3.59. The third-order valence-corrected chi connectivity index (χ3v) is 4.20. The summed E-state index contributed by atoms with van der Waals surface area (Å²) in [4.78, 5) is 10.7. The first-order valence-electron chi connectivity index (χ1n) is 5.98. The molecule has 0 heterocycles. The number of hydrogen-bond donors (Lipinski definition) is 3. The molecular formula is C14H13NO5S. The molecule has 3 N–H and O–H groups in total. The van der Waals surface area contributed by atoms with Crippen LogP contribution in [0.25, 0.3) is 0 Å². The Balaban J connectivity index is 2.22. The summed E-state index contributed by atoms with van der Waals surface area (Å²) in [5.74, 6) is -1.12. The first-order chi connectivity index (χ1) is 9.92. The molecule has 21 heavy (non-hydrogen) atoms. The van der Waals surface area contributed by atoms with E-state index in [1.807, 2.05) is 0 Å². The van der Waals surface area contributed by atoms with E-state index in [0.29, 0.717) is 11.3 Å². The Hall–Kier alpha value is -2.38. The predicted molar refractivity (Wildman–Crippen MR) is 76.6 cm³/mol. The van der Waals surface area contributed by atoms with Crippen LogP contribution in [-0.2, 0) is 16.6 Å². The summed E-state index contributed by atoms with van der Waals surface area (Å²) in [7, 11) is -3.78. The van der Waals surface area contributed by atoms with Crippen LogP contribution in [0.5, 0.6) is 0 Å². The van der Waals surface area contributed by atoms with Crippen LogP contribution in [-0.4, -0.2) is 24.6 Å². The van der Waals surface area contributed by atoms with Gasteiger partial charge < -0.3 is 10.2 Å². The average molecular weight is 307 g/mol. The normalized spacial score (nSPS) is 11.1. The number of nitrogens with one attached hydrogen (secondary N) is 1. The fraction of sp³-hybridized carbons (Fsp3) is 0.0714. The molecule has 7 heteroatoms. The zero-order valence-corrected chi connectivity index (χ0v) is 11.7. The molecule has 6 nitrogen and oxygen atoms in total. The Morgan fingerprint density at radius 1 is 1.00 bits per heavy atom. The van der Waals surface area contributed by atoms with Gasteiger partial charge in [-0.3, -0.25) is 4.72 Å². The van der Waals surface area contributed by atoms with Crippen LogP contribution in [0.3, 0.4) is 0 Å². The van der Waals surface area contributed by atoms with E-state index < -0.39 is 16.0 Å². The molecular weight excluding hydrogens is 294 g/mol. The van der Waals surface area contributed by atoms with Crippen LogP contribution in [0.1, 0.15) is 15.9 Å². The third-order valence-electron chi connectivity index (χ3n) is 2.80. The molecule has 2 aromatic carbocycles. The van der Waals surface area contributed by atoms with Gasteiger partial charge in [-0.05, 0) is 42.0 Å². The van der Waals surface area contributed by atoms with Crippen LogP contribution >= 0.6 is 0 Å². The molecule has 0 saturated heterocycles. The van der Waals surface area contributed by atoms with Gasteiger partial charge in [0.25, 0.3) is 10.0 Å². The molecule has 110 valence electrons. The molecule has 0 unspecified atom stereocenters. The quantitative estimate of drug-likeness (QED) is 0.779. The highest BCUT2D eigenvalue weighted by atomic mass is 32.2. The lowest BCUT2D eigenvalue weighted by Gasteiger charge is -2.08. The molecule has 0 aliphatic rings. The fourth-order valence-electron chi connectivity index (χ4n) is 1.67. The number of carboxylic acid groups (broad SMARTS) is 1. The molecule has 0 fully saturated rings. The molecule has 0 saturated carbocycles. The Labute approximate surface area is 121 Å². The van der Waals surface area contributed by atoms with Gasteiger partial charge in [0.2, 0.25) is 0 Å². The van der Waals surface area contributed by atoms with Crippen molar-refractivity contribution in [2.24, 2.45) is 0 Å². The topological polar surface area (TPSA) is 104 Å². The molecule has 0 spiro atoms. The number of aliphatic hydroxyl groups is 1. The van der Waals surface area contributed by atoms with Crippen LogP contribution < -0.4 is 4.72 Å². The van der Waals surface area contributed by atoms with E-state index in [4.69, 9.17) is 10.2 Å². The van der Waals surface area contributed by atoms with Crippen molar-refractivity contribution < 1.29 is 23.4 Å². The summed E-state index contributed by atoms with van der Waals surface area (Å²) in [5, 5.41) is 17.7. The van der Waals surface area contributed by atoms with E-state index in [-0.39, 0.29) is 17.1 Å². The monoisotopic (exact) mass is 307 g/mol. The lowest BCUT2D eigenvalue weighted by atomic mass is 10.2. The highest BCUT2D eigenvalue weighted by Gasteiger charge is 2.14. The van der Waals surface area contributed by atoms with E-state index in [0.717, 1.165) is 0 Å². The molecule has 0 bridgehead atoms. The van der Waals surface area contributed by atoms with Gasteiger partial charge in [0, 0.05) is 5.69 Å². The lowest BCUT2D eigenvalue weighted by Crippen LogP contribution is -2.13. The van der Waals surface area contributed by atoms with Crippen molar-refractivity contribution >= 4 is 21.7 Å². The number of anilines is 1. The van der Waals surface area contributed by atoms with Crippen LogP contribution in [0.15, 0.2) is 53.4 Å². The van der Waals surface area contributed by atoms with Crippen LogP contribution in [0.2, 0.25) is 0 Å². The molecule has 0 aromatic heterocycles. The first kappa shape index (κ1) is 15.0. The molecule has 2 rings (SSSR count). The van der Waals surface area contributed by atoms with E-state index in [9.17, 15) is 13.2 Å². The maximum absolute atomic E-state index is 12.1. The van der Waals surface area contributed by atoms with E-state index in [1.165, 1.54) is 36.4 Å². The standard InChI is InChI=1S/C14H13NO5S/c16-9-10-1-5-12(6-2-10)15-21(19,20)13-7-3-11(4-8-13)14(17)18/h1-8,15-16H,9H2,(H,17,18). The van der Waals surface area contributed by atoms with Crippen molar-refractivity contribution in [3.8, 4) is 0 Å². The summed E-state index contributed by atoms with van der Waals surface area (Å²) in [6.07, 6.45) is 0. The number of sulfonamides is 1. The number of rotatable bonds is 5. The Kier molecular flexibility index (Phi) is 4.25. The van der Waals surface area contributed by atoms with Crippen molar-refractivity contribution in [2.45, 2.75) is 11.5 Å². The average Bonchev–Trinajstić information content (AvgIpc) is 2.48. The highest BCUT2D eigenvalue weighted by Crippen LogP contribution is 2.17. The van der Waals surface area contributed by atoms with Gasteiger partial charge in [0.05, 0.1) is 17.1 Å². The zero-order chi connectivity index (χ0) is 15.5. The largest absolute Gasteiger partial charge is 0.478 e. The zero-order valence-electron chi connectivity index (χ0n) is 10.9. The van der Waals surface area contributed by atoms with Gasteiger partial charge in [-0.1, -0.05) is 12.1 Å². The summed E-state index contributed by atoms with van der Waals surface area (Å²) in [6, 6.07) is 11.2. The smallest absolute Gasteiger partial charge is 0.335 e. The van der Waals surface area contributed by atoms with Gasteiger partial charge in [0.1, 0.15) is 0 Å². The number of benzene rings is 2. The molecule has 0 atom stereocenters. The second-order valence-corrected chi connectivity index (χ2v) is 5.97. The van der Waals surface area contributed by atoms with Crippen molar-refractivity contribution in [2.75, 3.05) is 4.72 Å². The van der Waals surface area contributed by atoms with E-state index in [2.05, 4.69) is 4.72 Å². The number of aliphatic hydroxyl groups excluding tert-OH is 1. The second-order valence-electron chi connectivity index (χ2n) is 4.29. The highest BCUT2D eigenvalue weighted by molar-refractivity contribution is 7.92. The first-order valence-corrected chi connectivity index (χ1v) is 7.46. The van der Waals surface area contributed by atoms with E-state index in [1.54, 1.807) is 12.1 Å². The Bertz CT molecular complexity index is 736. The summed E-state index contributed by atoms with van der Waals surface area (Å²) in [6.45, 7) is -0.121.